The number of ketones is 1. The molecule has 0 N–H and O–H groups in total. The van der Waals surface area contributed by atoms with Crippen molar-refractivity contribution >= 4 is 11.9 Å². The summed E-state index contributed by atoms with van der Waals surface area (Å²) < 4.78 is 30.4. The highest BCUT2D eigenvalue weighted by molar-refractivity contribution is 5.99. The Hall–Kier alpha value is -4.65. The minimum atomic E-state index is -0.739. The first-order chi connectivity index (χ1) is 24.0. The quantitative estimate of drug-likeness (QED) is 0.125. The highest BCUT2D eigenvalue weighted by Crippen LogP contribution is 2.66. The van der Waals surface area contributed by atoms with E-state index in [9.17, 15) is 4.79 Å². The third-order valence-corrected chi connectivity index (χ3v) is 11.9. The number of ether oxygens (including phenoxy) is 2. The average molecular weight is 651 g/mol. The Balaban J connectivity index is 1.10. The molecule has 2 unspecified atom stereocenters. The summed E-state index contributed by atoms with van der Waals surface area (Å²) in [5.41, 5.74) is 3.70. The Kier molecular flexibility index (Phi) is 7.29. The van der Waals surface area contributed by atoms with Crippen LogP contribution < -0.4 is 0 Å². The normalized spacial score (nSPS) is 25.4. The van der Waals surface area contributed by atoms with Gasteiger partial charge in [0.05, 0.1) is 25.2 Å². The highest BCUT2D eigenvalue weighted by Gasteiger charge is 2.66. The van der Waals surface area contributed by atoms with Gasteiger partial charge in [-0.25, -0.2) is 9.37 Å². The fourth-order valence-corrected chi connectivity index (χ4v) is 10.0. The van der Waals surface area contributed by atoms with Gasteiger partial charge in [0, 0.05) is 34.6 Å². The van der Waals surface area contributed by atoms with Gasteiger partial charge in [0.15, 0.2) is 11.6 Å². The van der Waals surface area contributed by atoms with Gasteiger partial charge in [-0.3, -0.25) is 4.79 Å². The summed E-state index contributed by atoms with van der Waals surface area (Å²) in [5, 5.41) is 0. The number of carbonyl (C=O) groups excluding carboxylic acids is 1. The van der Waals surface area contributed by atoms with E-state index < -0.39 is 16.7 Å². The van der Waals surface area contributed by atoms with Crippen molar-refractivity contribution in [3.8, 4) is 11.3 Å². The summed E-state index contributed by atoms with van der Waals surface area (Å²) in [4.78, 5) is 19.0. The third kappa shape index (κ3) is 4.72. The number of benzene rings is 4. The van der Waals surface area contributed by atoms with Crippen molar-refractivity contribution in [1.82, 2.24) is 9.55 Å². The van der Waals surface area contributed by atoms with Gasteiger partial charge in [-0.2, -0.15) is 0 Å². The van der Waals surface area contributed by atoms with Gasteiger partial charge in [-0.05, 0) is 72.9 Å². The zero-order chi connectivity index (χ0) is 33.1. The lowest BCUT2D eigenvalue weighted by atomic mass is 9.46. The van der Waals surface area contributed by atoms with Gasteiger partial charge < -0.3 is 14.0 Å². The first-order valence-corrected chi connectivity index (χ1v) is 17.5. The predicted octanol–water partition coefficient (Wildman–Crippen LogP) is 8.68. The van der Waals surface area contributed by atoms with Crippen molar-refractivity contribution in [3.63, 3.8) is 0 Å². The minimum absolute atomic E-state index is 0.0933. The summed E-state index contributed by atoms with van der Waals surface area (Å²) in [6.07, 6.45) is 11.7. The largest absolute Gasteiger partial charge is 0.347 e. The lowest BCUT2D eigenvalue weighted by Crippen LogP contribution is -2.63. The van der Waals surface area contributed by atoms with Crippen LogP contribution in [0.15, 0.2) is 128 Å². The van der Waals surface area contributed by atoms with Crippen LogP contribution in [0, 0.1) is 29.0 Å². The summed E-state index contributed by atoms with van der Waals surface area (Å²) in [6, 6.07) is 36.3. The number of rotatable bonds is 8. The van der Waals surface area contributed by atoms with Crippen molar-refractivity contribution in [2.45, 2.75) is 43.4 Å². The highest BCUT2D eigenvalue weighted by atomic mass is 19.1. The molecule has 2 atom stereocenters. The number of halogens is 1. The van der Waals surface area contributed by atoms with E-state index in [1.54, 1.807) is 18.2 Å². The second-order valence-corrected chi connectivity index (χ2v) is 14.4. The summed E-state index contributed by atoms with van der Waals surface area (Å²) in [5.74, 6) is 0.206. The molecule has 0 amide bonds. The topological polar surface area (TPSA) is 53.4 Å². The molecule has 5 fully saturated rings. The monoisotopic (exact) mass is 650 g/mol. The molecular weight excluding hydrogens is 611 g/mol. The molecule has 1 aromatic heterocycles. The van der Waals surface area contributed by atoms with Crippen LogP contribution >= 0.6 is 0 Å². The Morgan fingerprint density at radius 1 is 0.776 bits per heavy atom. The lowest BCUT2D eigenvalue weighted by Gasteiger charge is -2.62. The molecule has 5 nitrogen and oxygen atoms in total. The predicted molar refractivity (Wildman–Crippen MR) is 187 cm³/mol. The minimum Gasteiger partial charge on any atom is -0.347 e. The fraction of sp³-hybridized carbons (Fsp3) is 0.302. The average Bonchev–Trinajstić information content (AvgIpc) is 3.84. The Labute approximate surface area is 286 Å². The van der Waals surface area contributed by atoms with Crippen molar-refractivity contribution in [3.05, 3.63) is 156 Å². The third-order valence-electron chi connectivity index (χ3n) is 11.9. The van der Waals surface area contributed by atoms with Crippen molar-refractivity contribution < 1.29 is 18.7 Å². The molecule has 1 spiro atoms. The van der Waals surface area contributed by atoms with E-state index in [2.05, 4.69) is 77.4 Å². The number of nitrogens with zero attached hydrogens (tertiary/aromatic N) is 2. The van der Waals surface area contributed by atoms with Crippen molar-refractivity contribution in [2.75, 3.05) is 13.2 Å². The zero-order valence-corrected chi connectivity index (χ0v) is 27.4. The maximum atomic E-state index is 15.8. The number of carbonyl (C=O) groups is 1. The van der Waals surface area contributed by atoms with Crippen LogP contribution in [0.2, 0.25) is 0 Å². The molecule has 4 bridgehead atoms. The lowest BCUT2D eigenvalue weighted by molar-refractivity contribution is -0.298. The van der Waals surface area contributed by atoms with Crippen LogP contribution in [-0.2, 0) is 19.8 Å². The van der Waals surface area contributed by atoms with Crippen LogP contribution in [0.25, 0.3) is 17.3 Å². The van der Waals surface area contributed by atoms with Crippen molar-refractivity contribution in [1.29, 1.82) is 0 Å². The Morgan fingerprint density at radius 3 is 1.92 bits per heavy atom. The smallest absolute Gasteiger partial charge is 0.174 e. The summed E-state index contributed by atoms with van der Waals surface area (Å²) in [7, 11) is 0. The molecule has 49 heavy (non-hydrogen) atoms. The molecule has 5 aromatic rings. The van der Waals surface area contributed by atoms with Crippen LogP contribution in [0.4, 0.5) is 4.39 Å². The molecule has 246 valence electrons. The van der Waals surface area contributed by atoms with Gasteiger partial charge in [-0.15, -0.1) is 0 Å². The summed E-state index contributed by atoms with van der Waals surface area (Å²) in [6.45, 7) is 1.26. The molecule has 0 radical (unpaired) electrons. The van der Waals surface area contributed by atoms with Gasteiger partial charge >= 0.3 is 0 Å². The molecule has 6 heteroatoms. The molecule has 10 rings (SSSR count). The Morgan fingerprint density at radius 2 is 1.35 bits per heavy atom. The van der Waals surface area contributed by atoms with Gasteiger partial charge in [0.1, 0.15) is 11.4 Å². The van der Waals surface area contributed by atoms with Crippen LogP contribution in [0.5, 0.6) is 0 Å². The number of imidazole rings is 1. The van der Waals surface area contributed by atoms with Gasteiger partial charge in [0.25, 0.3) is 0 Å². The van der Waals surface area contributed by atoms with E-state index in [1.807, 2.05) is 36.8 Å². The molecule has 1 saturated heterocycles. The maximum Gasteiger partial charge on any atom is 0.174 e. The molecule has 4 aliphatic carbocycles. The summed E-state index contributed by atoms with van der Waals surface area (Å²) >= 11 is 0. The molecular formula is C43H39FN2O3. The van der Waals surface area contributed by atoms with Crippen LogP contribution in [0.1, 0.15) is 54.4 Å². The van der Waals surface area contributed by atoms with Gasteiger partial charge in [-0.1, -0.05) is 103 Å². The molecule has 5 aliphatic rings. The van der Waals surface area contributed by atoms with E-state index in [-0.39, 0.29) is 23.4 Å². The molecule has 1 aliphatic heterocycles. The first-order valence-electron chi connectivity index (χ1n) is 17.5. The SMILES string of the molecule is O=C(/C=C/c1c(F)cccc1-c1cn(C(c2ccccc2)(c2ccccc2)c2ccccc2)cn1)C12CC3CC(C1)C1(OCCO1)C(C3)C2. The fourth-order valence-electron chi connectivity index (χ4n) is 10.0. The van der Waals surface area contributed by atoms with E-state index in [0.717, 1.165) is 48.8 Å². The van der Waals surface area contributed by atoms with Crippen LogP contribution in [-0.4, -0.2) is 34.3 Å². The molecule has 2 heterocycles. The molecule has 4 aromatic carbocycles. The Bertz CT molecular complexity index is 1900. The van der Waals surface area contributed by atoms with E-state index in [0.29, 0.717) is 36.0 Å². The van der Waals surface area contributed by atoms with E-state index >= 15 is 4.39 Å². The van der Waals surface area contributed by atoms with Gasteiger partial charge in [0.2, 0.25) is 0 Å². The second-order valence-electron chi connectivity index (χ2n) is 14.4. The maximum absolute atomic E-state index is 15.8. The standard InChI is InChI=1S/C43H39FN2O3/c44-38-18-10-17-37(36(38)19-20-40(47)41-25-30-23-34(26-41)43(35(24-30)27-41)48-21-22-49-43)39-28-46(29-45-39)42(31-11-4-1-5-12-31,32-13-6-2-7-14-32)33-15-8-3-9-16-33/h1-20,28-30,34-35H,21-27H2/b20-19+. The van der Waals surface area contributed by atoms with E-state index in [1.165, 1.54) is 6.07 Å². The first kappa shape index (κ1) is 30.4. The number of aromatic nitrogens is 2. The van der Waals surface area contributed by atoms with Crippen molar-refractivity contribution in [2.24, 2.45) is 23.2 Å². The number of allylic oxidation sites excluding steroid dienone is 1. The van der Waals surface area contributed by atoms with Crippen LogP contribution in [0.3, 0.4) is 0 Å². The molecule has 4 saturated carbocycles. The number of hydrogen-bond donors (Lipinski definition) is 0. The second kappa shape index (κ2) is 11.7. The number of hydrogen-bond acceptors (Lipinski definition) is 4. The zero-order valence-electron chi connectivity index (χ0n) is 27.4. The van der Waals surface area contributed by atoms with E-state index in [4.69, 9.17) is 14.5 Å².